The number of amides is 1. The second kappa shape index (κ2) is 8.08. The highest BCUT2D eigenvalue weighted by Gasteiger charge is 2.54. The highest BCUT2D eigenvalue weighted by atomic mass is 32.2. The Hall–Kier alpha value is -3.47. The van der Waals surface area contributed by atoms with Crippen molar-refractivity contribution in [2.75, 3.05) is 5.75 Å². The fourth-order valence-corrected chi connectivity index (χ4v) is 5.96. The van der Waals surface area contributed by atoms with Crippen LogP contribution in [-0.4, -0.2) is 47.4 Å². The summed E-state index contributed by atoms with van der Waals surface area (Å²) in [5.74, 6) is -3.54. The lowest BCUT2D eigenvalue weighted by Crippen LogP contribution is -2.44. The lowest BCUT2D eigenvalue weighted by atomic mass is 9.82. The van der Waals surface area contributed by atoms with Gasteiger partial charge in [-0.15, -0.1) is 0 Å². The van der Waals surface area contributed by atoms with E-state index in [0.717, 1.165) is 12.1 Å². The van der Waals surface area contributed by atoms with Crippen molar-refractivity contribution in [1.29, 1.82) is 0 Å². The Bertz CT molecular complexity index is 1350. The third-order valence-corrected chi connectivity index (χ3v) is 7.58. The van der Waals surface area contributed by atoms with Gasteiger partial charge in [-0.1, -0.05) is 32.9 Å². The molecular weight excluding hydrogens is 465 g/mol. The quantitative estimate of drug-likeness (QED) is 0.370. The molecule has 1 saturated heterocycles. The minimum Gasteiger partial charge on any atom is -0.327 e. The van der Waals surface area contributed by atoms with E-state index in [9.17, 15) is 32.5 Å². The predicted octanol–water partition coefficient (Wildman–Crippen LogP) is 3.24. The Labute approximate surface area is 195 Å². The molecule has 0 aliphatic carbocycles. The molecule has 2 heterocycles. The number of aliphatic imine (C=N–C) groups is 1. The molecule has 2 aromatic rings. The molecule has 0 spiro atoms. The standard InChI is InChI=1S/C23H22FN3O6S/c1-23(2,3)21-20(28)19(22(29)26(21)11-13-4-6-14(24)7-5-13)17-12-34(32,33)18-10-15(27(30)31)8-9-16(18)25-17/h4-10,19,21H,11-12H2,1-3H3. The summed E-state index contributed by atoms with van der Waals surface area (Å²) in [6.45, 7) is 5.45. The summed E-state index contributed by atoms with van der Waals surface area (Å²) in [4.78, 5) is 42.7. The van der Waals surface area contributed by atoms with Gasteiger partial charge in [0.15, 0.2) is 15.6 Å². The van der Waals surface area contributed by atoms with Gasteiger partial charge in [0.05, 0.1) is 33.0 Å². The molecule has 0 radical (unpaired) electrons. The second-order valence-electron chi connectivity index (χ2n) is 9.47. The van der Waals surface area contributed by atoms with E-state index in [1.165, 1.54) is 35.2 Å². The molecule has 4 rings (SSSR count). The Morgan fingerprint density at radius 2 is 1.79 bits per heavy atom. The number of rotatable bonds is 4. The zero-order valence-electron chi connectivity index (χ0n) is 18.7. The number of Topliss-reactive ketones (excluding diaryl/α,β-unsaturated/α-hetero) is 1. The summed E-state index contributed by atoms with van der Waals surface area (Å²) in [6, 6.07) is 7.96. The van der Waals surface area contributed by atoms with E-state index in [4.69, 9.17) is 0 Å². The molecule has 34 heavy (non-hydrogen) atoms. The van der Waals surface area contributed by atoms with Gasteiger partial charge >= 0.3 is 0 Å². The van der Waals surface area contributed by atoms with Gasteiger partial charge in [-0.3, -0.25) is 24.7 Å². The number of ketones is 1. The van der Waals surface area contributed by atoms with E-state index in [2.05, 4.69) is 4.99 Å². The number of sulfone groups is 1. The van der Waals surface area contributed by atoms with E-state index in [0.29, 0.717) is 5.56 Å². The second-order valence-corrected chi connectivity index (χ2v) is 11.4. The third-order valence-electron chi connectivity index (χ3n) is 5.91. The molecule has 0 aromatic heterocycles. The molecule has 0 N–H and O–H groups in total. The molecule has 2 unspecified atom stereocenters. The topological polar surface area (TPSA) is 127 Å². The number of nitro benzene ring substituents is 1. The van der Waals surface area contributed by atoms with E-state index in [-0.39, 0.29) is 22.8 Å². The van der Waals surface area contributed by atoms with Crippen molar-refractivity contribution < 1.29 is 27.3 Å². The molecule has 178 valence electrons. The van der Waals surface area contributed by atoms with Crippen LogP contribution in [0.4, 0.5) is 15.8 Å². The Morgan fingerprint density at radius 3 is 2.38 bits per heavy atom. The molecular formula is C23H22FN3O6S. The summed E-state index contributed by atoms with van der Waals surface area (Å²) in [7, 11) is -4.07. The van der Waals surface area contributed by atoms with Crippen LogP contribution in [0.5, 0.6) is 0 Å². The number of hydrogen-bond acceptors (Lipinski definition) is 7. The number of carbonyl (C=O) groups is 2. The third kappa shape index (κ3) is 4.11. The number of nitro groups is 1. The van der Waals surface area contributed by atoms with E-state index < -0.39 is 61.1 Å². The summed E-state index contributed by atoms with van der Waals surface area (Å²) in [5.41, 5.74) is -0.585. The number of non-ortho nitro benzene ring substituents is 1. The molecule has 2 aromatic carbocycles. The zero-order chi connectivity index (χ0) is 25.0. The molecule has 2 atom stereocenters. The minimum absolute atomic E-state index is 0.0447. The normalized spacial score (nSPS) is 21.9. The highest BCUT2D eigenvalue weighted by molar-refractivity contribution is 7.92. The SMILES string of the molecule is CC(C)(C)C1C(=O)C(C2=Nc3ccc([N+](=O)[O-])cc3S(=O)(=O)C2)C(=O)N1Cc1ccc(F)cc1. The number of likely N-dealkylation sites (tertiary alicyclic amines) is 1. The van der Waals surface area contributed by atoms with Crippen LogP contribution in [0, 0.1) is 27.3 Å². The van der Waals surface area contributed by atoms with Crippen LogP contribution >= 0.6 is 0 Å². The maximum Gasteiger partial charge on any atom is 0.270 e. The van der Waals surface area contributed by atoms with Crippen LogP contribution in [0.1, 0.15) is 26.3 Å². The number of nitrogens with zero attached hydrogens (tertiary/aromatic N) is 3. The smallest absolute Gasteiger partial charge is 0.270 e. The van der Waals surface area contributed by atoms with E-state index >= 15 is 0 Å². The fraction of sp³-hybridized carbons (Fsp3) is 0.348. The Kier molecular flexibility index (Phi) is 5.63. The molecule has 0 bridgehead atoms. The van der Waals surface area contributed by atoms with E-state index in [1.54, 1.807) is 20.8 Å². The number of carbonyl (C=O) groups excluding carboxylic acids is 2. The fourth-order valence-electron chi connectivity index (χ4n) is 4.45. The van der Waals surface area contributed by atoms with Crippen molar-refractivity contribution in [2.45, 2.75) is 38.3 Å². The van der Waals surface area contributed by atoms with Crippen molar-refractivity contribution >= 4 is 38.6 Å². The number of benzene rings is 2. The van der Waals surface area contributed by atoms with E-state index in [1.807, 2.05) is 0 Å². The van der Waals surface area contributed by atoms with Gasteiger partial charge in [-0.05, 0) is 29.2 Å². The van der Waals surface area contributed by atoms with Gasteiger partial charge in [0.1, 0.15) is 11.7 Å². The zero-order valence-corrected chi connectivity index (χ0v) is 19.5. The molecule has 1 fully saturated rings. The molecule has 1 amide bonds. The highest BCUT2D eigenvalue weighted by Crippen LogP contribution is 2.39. The van der Waals surface area contributed by atoms with Crippen molar-refractivity contribution in [2.24, 2.45) is 16.3 Å². The lowest BCUT2D eigenvalue weighted by Gasteiger charge is -2.33. The summed E-state index contributed by atoms with van der Waals surface area (Å²) < 4.78 is 39.2. The number of hydrogen-bond donors (Lipinski definition) is 0. The van der Waals surface area contributed by atoms with Crippen LogP contribution in [0.2, 0.25) is 0 Å². The maximum absolute atomic E-state index is 13.5. The van der Waals surface area contributed by atoms with Crippen molar-refractivity contribution in [3.63, 3.8) is 0 Å². The van der Waals surface area contributed by atoms with Gasteiger partial charge < -0.3 is 4.90 Å². The average Bonchev–Trinajstić information content (AvgIpc) is 2.98. The Balaban J connectivity index is 1.76. The monoisotopic (exact) mass is 487 g/mol. The summed E-state index contributed by atoms with van der Waals surface area (Å²) >= 11 is 0. The van der Waals surface area contributed by atoms with Crippen molar-refractivity contribution in [3.05, 3.63) is 64.0 Å². The van der Waals surface area contributed by atoms with Crippen molar-refractivity contribution in [1.82, 2.24) is 4.90 Å². The van der Waals surface area contributed by atoms with Gasteiger partial charge in [0.2, 0.25) is 5.91 Å². The predicted molar refractivity (Wildman–Crippen MR) is 121 cm³/mol. The molecule has 2 aliphatic heterocycles. The first-order valence-corrected chi connectivity index (χ1v) is 12.1. The van der Waals surface area contributed by atoms with Crippen LogP contribution in [0.25, 0.3) is 0 Å². The average molecular weight is 488 g/mol. The minimum atomic E-state index is -4.07. The first kappa shape index (κ1) is 23.7. The molecule has 9 nitrogen and oxygen atoms in total. The van der Waals surface area contributed by atoms with Crippen LogP contribution < -0.4 is 0 Å². The first-order chi connectivity index (χ1) is 15.8. The van der Waals surface area contributed by atoms with Crippen molar-refractivity contribution in [3.8, 4) is 0 Å². The Morgan fingerprint density at radius 1 is 1.15 bits per heavy atom. The van der Waals surface area contributed by atoms with Crippen LogP contribution in [-0.2, 0) is 26.0 Å². The largest absolute Gasteiger partial charge is 0.327 e. The van der Waals surface area contributed by atoms with Gasteiger partial charge in [0, 0.05) is 18.7 Å². The lowest BCUT2D eigenvalue weighted by molar-refractivity contribution is -0.385. The first-order valence-electron chi connectivity index (χ1n) is 10.5. The van der Waals surface area contributed by atoms with Gasteiger partial charge in [-0.2, -0.15) is 0 Å². The molecule has 11 heteroatoms. The maximum atomic E-state index is 13.5. The van der Waals surface area contributed by atoms with Crippen LogP contribution in [0.15, 0.2) is 52.4 Å². The van der Waals surface area contributed by atoms with Crippen LogP contribution in [0.3, 0.4) is 0 Å². The number of fused-ring (bicyclic) bond motifs is 1. The molecule has 0 saturated carbocycles. The number of halogens is 1. The van der Waals surface area contributed by atoms with Gasteiger partial charge in [-0.25, -0.2) is 12.8 Å². The summed E-state index contributed by atoms with van der Waals surface area (Å²) in [5, 5.41) is 11.1. The summed E-state index contributed by atoms with van der Waals surface area (Å²) in [6.07, 6.45) is 0. The van der Waals surface area contributed by atoms with Gasteiger partial charge in [0.25, 0.3) is 5.69 Å². The molecule has 2 aliphatic rings.